The van der Waals surface area contributed by atoms with Crippen LogP contribution in [0.1, 0.15) is 34.7 Å². The Morgan fingerprint density at radius 3 is 2.52 bits per heavy atom. The smallest absolute Gasteiger partial charge is 0.368 e. The van der Waals surface area contributed by atoms with Gasteiger partial charge in [0, 0.05) is 18.2 Å². The standard InChI is InChI=1S/C21H25N5O3/c1-13-8-7-9-19(26-21(27)25(5)23-24-26)18(13)12-29-20-11-14(2)17(10-15(20)3)16(4)22-28-6/h7-11H,12H2,1-6H3. The molecule has 0 unspecified atom stereocenters. The highest BCUT2D eigenvalue weighted by molar-refractivity contribution is 6.00. The number of ether oxygens (including phenoxy) is 1. The molecule has 0 atom stereocenters. The zero-order valence-electron chi connectivity index (χ0n) is 17.6. The fourth-order valence-electron chi connectivity index (χ4n) is 3.21. The van der Waals surface area contributed by atoms with Gasteiger partial charge in [-0.3, -0.25) is 0 Å². The SMILES string of the molecule is CON=C(C)c1cc(C)c(OCc2c(C)cccc2-n2nnn(C)c2=O)cc1C. The van der Waals surface area contributed by atoms with Gasteiger partial charge in [0.15, 0.2) is 0 Å². The molecule has 0 fully saturated rings. The first-order valence-electron chi connectivity index (χ1n) is 9.23. The number of aromatic nitrogens is 4. The van der Waals surface area contributed by atoms with Crippen molar-refractivity contribution in [3.63, 3.8) is 0 Å². The van der Waals surface area contributed by atoms with Crippen molar-refractivity contribution >= 4 is 5.71 Å². The lowest BCUT2D eigenvalue weighted by Crippen LogP contribution is -2.23. The van der Waals surface area contributed by atoms with Crippen LogP contribution in [0.4, 0.5) is 0 Å². The summed E-state index contributed by atoms with van der Waals surface area (Å²) < 4.78 is 8.63. The van der Waals surface area contributed by atoms with Crippen molar-refractivity contribution in [2.24, 2.45) is 12.2 Å². The minimum Gasteiger partial charge on any atom is -0.489 e. The summed E-state index contributed by atoms with van der Waals surface area (Å²) in [5.74, 6) is 0.775. The second-order valence-corrected chi connectivity index (χ2v) is 6.95. The van der Waals surface area contributed by atoms with E-state index in [-0.39, 0.29) is 5.69 Å². The Bertz CT molecular complexity index is 1130. The maximum absolute atomic E-state index is 12.3. The number of hydrogen-bond acceptors (Lipinski definition) is 6. The van der Waals surface area contributed by atoms with Gasteiger partial charge in [-0.1, -0.05) is 17.3 Å². The highest BCUT2D eigenvalue weighted by Crippen LogP contribution is 2.26. The Balaban J connectivity index is 1.93. The van der Waals surface area contributed by atoms with E-state index in [1.165, 1.54) is 16.5 Å². The van der Waals surface area contributed by atoms with Crippen LogP contribution in [-0.4, -0.2) is 32.6 Å². The summed E-state index contributed by atoms with van der Waals surface area (Å²) in [6.07, 6.45) is 0. The Morgan fingerprint density at radius 2 is 1.86 bits per heavy atom. The molecule has 3 rings (SSSR count). The largest absolute Gasteiger partial charge is 0.489 e. The summed E-state index contributed by atoms with van der Waals surface area (Å²) in [7, 11) is 3.10. The summed E-state index contributed by atoms with van der Waals surface area (Å²) in [5.41, 5.74) is 6.10. The summed E-state index contributed by atoms with van der Waals surface area (Å²) in [4.78, 5) is 17.2. The third-order valence-corrected chi connectivity index (χ3v) is 4.85. The third kappa shape index (κ3) is 4.06. The molecule has 0 radical (unpaired) electrons. The molecule has 1 aromatic heterocycles. The third-order valence-electron chi connectivity index (χ3n) is 4.85. The molecule has 2 aromatic carbocycles. The van der Waals surface area contributed by atoms with Crippen LogP contribution in [-0.2, 0) is 18.5 Å². The van der Waals surface area contributed by atoms with Crippen molar-refractivity contribution in [2.75, 3.05) is 7.11 Å². The zero-order valence-corrected chi connectivity index (χ0v) is 17.6. The van der Waals surface area contributed by atoms with E-state index in [0.29, 0.717) is 12.3 Å². The van der Waals surface area contributed by atoms with Gasteiger partial charge in [0.2, 0.25) is 0 Å². The number of rotatable bonds is 6. The molecule has 0 amide bonds. The molecule has 0 saturated heterocycles. The molecule has 0 aliphatic heterocycles. The lowest BCUT2D eigenvalue weighted by atomic mass is 10.0. The number of benzene rings is 2. The highest BCUT2D eigenvalue weighted by atomic mass is 16.6. The molecule has 3 aromatic rings. The monoisotopic (exact) mass is 395 g/mol. The van der Waals surface area contributed by atoms with E-state index in [9.17, 15) is 4.79 Å². The number of oxime groups is 1. The fourth-order valence-corrected chi connectivity index (χ4v) is 3.21. The van der Waals surface area contributed by atoms with Crippen LogP contribution in [0, 0.1) is 20.8 Å². The predicted octanol–water partition coefficient (Wildman–Crippen LogP) is 2.84. The van der Waals surface area contributed by atoms with Crippen molar-refractivity contribution in [2.45, 2.75) is 34.3 Å². The van der Waals surface area contributed by atoms with Crippen LogP contribution < -0.4 is 10.4 Å². The van der Waals surface area contributed by atoms with Crippen LogP contribution in [0.25, 0.3) is 5.69 Å². The van der Waals surface area contributed by atoms with E-state index in [4.69, 9.17) is 9.57 Å². The Kier molecular flexibility index (Phi) is 5.81. The molecular formula is C21H25N5O3. The average molecular weight is 395 g/mol. The normalized spacial score (nSPS) is 11.6. The van der Waals surface area contributed by atoms with Gasteiger partial charge >= 0.3 is 5.69 Å². The van der Waals surface area contributed by atoms with Gasteiger partial charge in [-0.25, -0.2) is 4.79 Å². The molecule has 0 bridgehead atoms. The van der Waals surface area contributed by atoms with Crippen molar-refractivity contribution in [3.05, 3.63) is 68.6 Å². The predicted molar refractivity (Wildman–Crippen MR) is 111 cm³/mol. The summed E-state index contributed by atoms with van der Waals surface area (Å²) >= 11 is 0. The van der Waals surface area contributed by atoms with Gasteiger partial charge in [0.25, 0.3) is 0 Å². The topological polar surface area (TPSA) is 83.5 Å². The molecule has 0 aliphatic carbocycles. The summed E-state index contributed by atoms with van der Waals surface area (Å²) in [5, 5.41) is 11.8. The van der Waals surface area contributed by atoms with Crippen LogP contribution >= 0.6 is 0 Å². The van der Waals surface area contributed by atoms with Gasteiger partial charge in [0.1, 0.15) is 19.5 Å². The molecular weight excluding hydrogens is 370 g/mol. The van der Waals surface area contributed by atoms with Gasteiger partial charge in [-0.2, -0.15) is 9.36 Å². The maximum Gasteiger partial charge on any atom is 0.368 e. The molecule has 29 heavy (non-hydrogen) atoms. The maximum atomic E-state index is 12.3. The Hall–Kier alpha value is -3.42. The van der Waals surface area contributed by atoms with Crippen molar-refractivity contribution in [1.29, 1.82) is 0 Å². The molecule has 152 valence electrons. The minimum absolute atomic E-state index is 0.301. The highest BCUT2D eigenvalue weighted by Gasteiger charge is 2.15. The molecule has 8 heteroatoms. The number of nitrogens with zero attached hydrogens (tertiary/aromatic N) is 5. The Morgan fingerprint density at radius 1 is 1.10 bits per heavy atom. The lowest BCUT2D eigenvalue weighted by Gasteiger charge is -2.16. The van der Waals surface area contributed by atoms with E-state index in [2.05, 4.69) is 15.6 Å². The molecule has 0 N–H and O–H groups in total. The zero-order chi connectivity index (χ0) is 21.1. The number of hydrogen-bond donors (Lipinski definition) is 0. The molecule has 8 nitrogen and oxygen atoms in total. The van der Waals surface area contributed by atoms with Gasteiger partial charge < -0.3 is 9.57 Å². The lowest BCUT2D eigenvalue weighted by molar-refractivity contribution is 0.213. The second kappa shape index (κ2) is 8.30. The quantitative estimate of drug-likeness (QED) is 0.473. The second-order valence-electron chi connectivity index (χ2n) is 6.95. The van der Waals surface area contributed by atoms with E-state index in [0.717, 1.165) is 39.3 Å². The van der Waals surface area contributed by atoms with Gasteiger partial charge in [-0.05, 0) is 73.0 Å². The van der Waals surface area contributed by atoms with Crippen molar-refractivity contribution in [1.82, 2.24) is 19.8 Å². The van der Waals surface area contributed by atoms with Crippen LogP contribution in [0.3, 0.4) is 0 Å². The summed E-state index contributed by atoms with van der Waals surface area (Å²) in [6, 6.07) is 9.74. The van der Waals surface area contributed by atoms with Crippen LogP contribution in [0.15, 0.2) is 40.3 Å². The Labute approximate surface area is 169 Å². The van der Waals surface area contributed by atoms with Crippen molar-refractivity contribution < 1.29 is 9.57 Å². The van der Waals surface area contributed by atoms with E-state index in [1.807, 2.05) is 58.0 Å². The van der Waals surface area contributed by atoms with E-state index >= 15 is 0 Å². The molecule has 0 spiro atoms. The molecule has 0 saturated carbocycles. The minimum atomic E-state index is -0.305. The molecule has 1 heterocycles. The number of aryl methyl sites for hydroxylation is 4. The van der Waals surface area contributed by atoms with E-state index < -0.39 is 0 Å². The summed E-state index contributed by atoms with van der Waals surface area (Å²) in [6.45, 7) is 8.19. The first-order valence-corrected chi connectivity index (χ1v) is 9.23. The van der Waals surface area contributed by atoms with Crippen LogP contribution in [0.2, 0.25) is 0 Å². The van der Waals surface area contributed by atoms with Crippen LogP contribution in [0.5, 0.6) is 5.75 Å². The van der Waals surface area contributed by atoms with Gasteiger partial charge in [-0.15, -0.1) is 0 Å². The van der Waals surface area contributed by atoms with E-state index in [1.54, 1.807) is 7.05 Å². The van der Waals surface area contributed by atoms with Crippen molar-refractivity contribution in [3.8, 4) is 11.4 Å². The first kappa shape index (κ1) is 20.3. The average Bonchev–Trinajstić information content (AvgIpc) is 3.01. The molecule has 0 aliphatic rings. The first-order chi connectivity index (χ1) is 13.8. The fraction of sp³-hybridized carbons (Fsp3) is 0.333. The van der Waals surface area contributed by atoms with Gasteiger partial charge in [0.05, 0.1) is 11.4 Å². The number of tetrazole rings is 1.